The van der Waals surface area contributed by atoms with Gasteiger partial charge in [0.15, 0.2) is 0 Å². The Hall–Kier alpha value is -2.07. The van der Waals surface area contributed by atoms with E-state index in [0.29, 0.717) is 18.5 Å². The first-order valence-corrected chi connectivity index (χ1v) is 8.38. The van der Waals surface area contributed by atoms with Crippen molar-refractivity contribution in [1.82, 2.24) is 9.47 Å². The van der Waals surface area contributed by atoms with Crippen molar-refractivity contribution < 1.29 is 4.74 Å². The standard InChI is InChI=1S/C19H24N2O2/c1-2-10-21-13-9-16-17(19(21)22)7-6-8-18(16)23-15-14-20-11-4-3-5-12-20/h2,6-9,13H,1,3-5,10-12,14-15H2. The Kier molecular flexibility index (Phi) is 5.13. The second kappa shape index (κ2) is 7.47. The Morgan fingerprint density at radius 1 is 1.13 bits per heavy atom. The normalized spacial score (nSPS) is 15.7. The number of allylic oxidation sites excluding steroid dienone is 1. The van der Waals surface area contributed by atoms with Crippen LogP contribution in [0.15, 0.2) is 47.9 Å². The van der Waals surface area contributed by atoms with Gasteiger partial charge in [0.25, 0.3) is 5.56 Å². The maximum atomic E-state index is 12.4. The predicted molar refractivity (Wildman–Crippen MR) is 94.2 cm³/mol. The van der Waals surface area contributed by atoms with Crippen LogP contribution >= 0.6 is 0 Å². The van der Waals surface area contributed by atoms with Crippen molar-refractivity contribution in [1.29, 1.82) is 0 Å². The van der Waals surface area contributed by atoms with Crippen LogP contribution in [0, 0.1) is 0 Å². The van der Waals surface area contributed by atoms with Crippen LogP contribution in [0.4, 0.5) is 0 Å². The Labute approximate surface area is 137 Å². The van der Waals surface area contributed by atoms with E-state index in [1.54, 1.807) is 10.6 Å². The molecule has 1 aromatic carbocycles. The van der Waals surface area contributed by atoms with E-state index in [1.807, 2.05) is 30.5 Å². The third kappa shape index (κ3) is 3.64. The second-order valence-corrected chi connectivity index (χ2v) is 6.03. The van der Waals surface area contributed by atoms with Gasteiger partial charge < -0.3 is 9.30 Å². The molecule has 0 aliphatic carbocycles. The van der Waals surface area contributed by atoms with Crippen LogP contribution < -0.4 is 10.3 Å². The van der Waals surface area contributed by atoms with Gasteiger partial charge in [0, 0.05) is 24.7 Å². The summed E-state index contributed by atoms with van der Waals surface area (Å²) in [5.74, 6) is 0.794. The molecule has 1 aliphatic heterocycles. The van der Waals surface area contributed by atoms with Gasteiger partial charge in [0.2, 0.25) is 0 Å². The SMILES string of the molecule is C=CCn1ccc2c(OCCN3CCCCC3)cccc2c1=O. The van der Waals surface area contributed by atoms with Gasteiger partial charge in [-0.05, 0) is 44.1 Å². The minimum atomic E-state index is 0.00359. The molecule has 0 spiro atoms. The molecule has 0 amide bonds. The third-order valence-corrected chi connectivity index (χ3v) is 4.42. The number of likely N-dealkylation sites (tertiary alicyclic amines) is 1. The molecule has 4 nitrogen and oxygen atoms in total. The minimum Gasteiger partial charge on any atom is -0.492 e. The molecule has 0 radical (unpaired) electrons. The highest BCUT2D eigenvalue weighted by Crippen LogP contribution is 2.23. The fourth-order valence-electron chi connectivity index (χ4n) is 3.17. The summed E-state index contributed by atoms with van der Waals surface area (Å²) in [7, 11) is 0. The highest BCUT2D eigenvalue weighted by molar-refractivity contribution is 5.87. The summed E-state index contributed by atoms with van der Waals surface area (Å²) in [4.78, 5) is 14.9. The zero-order chi connectivity index (χ0) is 16.1. The number of fused-ring (bicyclic) bond motifs is 1. The predicted octanol–water partition coefficient (Wildman–Crippen LogP) is 3.05. The number of ether oxygens (including phenoxy) is 1. The van der Waals surface area contributed by atoms with Crippen molar-refractivity contribution in [3.8, 4) is 5.75 Å². The summed E-state index contributed by atoms with van der Waals surface area (Å²) in [5.41, 5.74) is 0.00359. The smallest absolute Gasteiger partial charge is 0.258 e. The van der Waals surface area contributed by atoms with E-state index in [4.69, 9.17) is 4.74 Å². The van der Waals surface area contributed by atoms with Gasteiger partial charge >= 0.3 is 0 Å². The van der Waals surface area contributed by atoms with Crippen LogP contribution in [0.2, 0.25) is 0 Å². The summed E-state index contributed by atoms with van der Waals surface area (Å²) < 4.78 is 7.63. The molecule has 0 N–H and O–H groups in total. The first-order chi connectivity index (χ1) is 11.3. The zero-order valence-electron chi connectivity index (χ0n) is 13.5. The molecule has 0 bridgehead atoms. The Morgan fingerprint density at radius 2 is 1.96 bits per heavy atom. The molecule has 23 heavy (non-hydrogen) atoms. The number of piperidine rings is 1. The summed E-state index contributed by atoms with van der Waals surface area (Å²) in [6.45, 7) is 8.17. The molecule has 2 aromatic rings. The molecule has 4 heteroatoms. The molecule has 1 saturated heterocycles. The number of pyridine rings is 1. The Morgan fingerprint density at radius 3 is 2.74 bits per heavy atom. The van der Waals surface area contributed by atoms with Gasteiger partial charge in [-0.15, -0.1) is 6.58 Å². The maximum absolute atomic E-state index is 12.4. The van der Waals surface area contributed by atoms with Crippen LogP contribution in [0.3, 0.4) is 0 Å². The van der Waals surface area contributed by atoms with Gasteiger partial charge in [-0.3, -0.25) is 9.69 Å². The lowest BCUT2D eigenvalue weighted by molar-refractivity contribution is 0.184. The monoisotopic (exact) mass is 312 g/mol. The Bertz CT molecular complexity index is 730. The van der Waals surface area contributed by atoms with E-state index < -0.39 is 0 Å². The average molecular weight is 312 g/mol. The summed E-state index contributed by atoms with van der Waals surface area (Å²) in [6.07, 6.45) is 7.46. The van der Waals surface area contributed by atoms with E-state index in [1.165, 1.54) is 32.4 Å². The summed E-state index contributed by atoms with van der Waals surface area (Å²) >= 11 is 0. The van der Waals surface area contributed by atoms with Crippen molar-refractivity contribution in [2.24, 2.45) is 0 Å². The lowest BCUT2D eigenvalue weighted by atomic mass is 10.1. The molecule has 1 aliphatic rings. The molecule has 2 heterocycles. The van der Waals surface area contributed by atoms with Gasteiger partial charge in [0.1, 0.15) is 12.4 Å². The highest BCUT2D eigenvalue weighted by atomic mass is 16.5. The van der Waals surface area contributed by atoms with Gasteiger partial charge in [-0.1, -0.05) is 18.6 Å². The first kappa shape index (κ1) is 15.8. The van der Waals surface area contributed by atoms with Crippen LogP contribution in [-0.4, -0.2) is 35.7 Å². The minimum absolute atomic E-state index is 0.00359. The summed E-state index contributed by atoms with van der Waals surface area (Å²) in [5, 5.41) is 1.58. The van der Waals surface area contributed by atoms with Crippen molar-refractivity contribution in [2.75, 3.05) is 26.2 Å². The first-order valence-electron chi connectivity index (χ1n) is 8.38. The second-order valence-electron chi connectivity index (χ2n) is 6.03. The number of rotatable bonds is 6. The molecular weight excluding hydrogens is 288 g/mol. The quantitative estimate of drug-likeness (QED) is 0.769. The van der Waals surface area contributed by atoms with Crippen LogP contribution in [-0.2, 0) is 6.54 Å². The molecule has 3 rings (SSSR count). The fourth-order valence-corrected chi connectivity index (χ4v) is 3.17. The van der Waals surface area contributed by atoms with Crippen molar-refractivity contribution in [3.63, 3.8) is 0 Å². The topological polar surface area (TPSA) is 34.5 Å². The molecule has 122 valence electrons. The zero-order valence-corrected chi connectivity index (χ0v) is 13.5. The van der Waals surface area contributed by atoms with Gasteiger partial charge in [-0.25, -0.2) is 0 Å². The molecule has 1 aromatic heterocycles. The maximum Gasteiger partial charge on any atom is 0.258 e. The molecular formula is C19H24N2O2. The average Bonchev–Trinajstić information content (AvgIpc) is 2.59. The number of aromatic nitrogens is 1. The lowest BCUT2D eigenvalue weighted by Crippen LogP contribution is -2.33. The highest BCUT2D eigenvalue weighted by Gasteiger charge is 2.11. The van der Waals surface area contributed by atoms with E-state index in [2.05, 4.69) is 11.5 Å². The van der Waals surface area contributed by atoms with E-state index >= 15 is 0 Å². The molecule has 0 saturated carbocycles. The van der Waals surface area contributed by atoms with Gasteiger partial charge in [0.05, 0.1) is 5.39 Å². The summed E-state index contributed by atoms with van der Waals surface area (Å²) in [6, 6.07) is 7.64. The Balaban J connectivity index is 1.74. The van der Waals surface area contributed by atoms with E-state index in [-0.39, 0.29) is 5.56 Å². The fraction of sp³-hybridized carbons (Fsp3) is 0.421. The van der Waals surface area contributed by atoms with Crippen LogP contribution in [0.1, 0.15) is 19.3 Å². The van der Waals surface area contributed by atoms with Gasteiger partial charge in [-0.2, -0.15) is 0 Å². The van der Waals surface area contributed by atoms with Crippen molar-refractivity contribution in [3.05, 3.63) is 53.5 Å². The number of benzene rings is 1. The van der Waals surface area contributed by atoms with Crippen molar-refractivity contribution >= 4 is 10.8 Å². The van der Waals surface area contributed by atoms with E-state index in [9.17, 15) is 4.79 Å². The molecule has 1 fully saturated rings. The van der Waals surface area contributed by atoms with Crippen molar-refractivity contribution in [2.45, 2.75) is 25.8 Å². The van der Waals surface area contributed by atoms with Crippen LogP contribution in [0.25, 0.3) is 10.8 Å². The lowest BCUT2D eigenvalue weighted by Gasteiger charge is -2.26. The number of nitrogens with zero attached hydrogens (tertiary/aromatic N) is 2. The molecule has 0 unspecified atom stereocenters. The largest absolute Gasteiger partial charge is 0.492 e. The number of hydrogen-bond donors (Lipinski definition) is 0. The number of hydrogen-bond acceptors (Lipinski definition) is 3. The van der Waals surface area contributed by atoms with E-state index in [0.717, 1.165) is 17.7 Å². The van der Waals surface area contributed by atoms with Crippen LogP contribution in [0.5, 0.6) is 5.75 Å². The molecule has 0 atom stereocenters. The third-order valence-electron chi connectivity index (χ3n) is 4.42.